The molecule has 0 aliphatic carbocycles. The van der Waals surface area contributed by atoms with E-state index in [-0.39, 0.29) is 18.0 Å². The molecule has 0 amide bonds. The van der Waals surface area contributed by atoms with Crippen molar-refractivity contribution >= 4 is 11.8 Å². The van der Waals surface area contributed by atoms with E-state index in [1.165, 1.54) is 7.11 Å². The van der Waals surface area contributed by atoms with Crippen LogP contribution in [0, 0.1) is 12.8 Å². The SMILES string of the molecule is COC(=O)c1ccc(N2CCC(O)C(C)C2)nc1C. The van der Waals surface area contributed by atoms with Gasteiger partial charge in [0.05, 0.1) is 24.5 Å². The van der Waals surface area contributed by atoms with Gasteiger partial charge in [0.2, 0.25) is 0 Å². The molecule has 0 saturated carbocycles. The van der Waals surface area contributed by atoms with Crippen molar-refractivity contribution in [3.63, 3.8) is 0 Å². The van der Waals surface area contributed by atoms with Crippen molar-refractivity contribution in [2.45, 2.75) is 26.4 Å². The lowest BCUT2D eigenvalue weighted by Crippen LogP contribution is -2.42. The van der Waals surface area contributed by atoms with Crippen LogP contribution >= 0.6 is 0 Å². The van der Waals surface area contributed by atoms with Gasteiger partial charge < -0.3 is 14.7 Å². The lowest BCUT2D eigenvalue weighted by atomic mass is 9.97. The van der Waals surface area contributed by atoms with Crippen LogP contribution < -0.4 is 4.90 Å². The molecule has 1 aliphatic heterocycles. The van der Waals surface area contributed by atoms with Crippen LogP contribution in [0.15, 0.2) is 12.1 Å². The van der Waals surface area contributed by atoms with Crippen molar-refractivity contribution in [2.24, 2.45) is 5.92 Å². The minimum absolute atomic E-state index is 0.230. The number of hydrogen-bond donors (Lipinski definition) is 1. The van der Waals surface area contributed by atoms with Gasteiger partial charge in [-0.05, 0) is 31.4 Å². The van der Waals surface area contributed by atoms with Gasteiger partial charge in [-0.2, -0.15) is 0 Å². The maximum atomic E-state index is 11.5. The highest BCUT2D eigenvalue weighted by Crippen LogP contribution is 2.23. The zero-order chi connectivity index (χ0) is 14.0. The van der Waals surface area contributed by atoms with Crippen molar-refractivity contribution in [1.29, 1.82) is 0 Å². The number of nitrogens with zero attached hydrogens (tertiary/aromatic N) is 2. The van der Waals surface area contributed by atoms with E-state index < -0.39 is 0 Å². The zero-order valence-corrected chi connectivity index (χ0v) is 11.6. The first-order valence-electron chi connectivity index (χ1n) is 6.52. The first kappa shape index (κ1) is 13.8. The first-order valence-corrected chi connectivity index (χ1v) is 6.52. The fourth-order valence-electron chi connectivity index (χ4n) is 2.39. The number of ether oxygens (including phenoxy) is 1. The molecule has 2 rings (SSSR count). The number of carbonyl (C=O) groups is 1. The van der Waals surface area contributed by atoms with E-state index >= 15 is 0 Å². The highest BCUT2D eigenvalue weighted by molar-refractivity contribution is 5.90. The second kappa shape index (κ2) is 5.57. The van der Waals surface area contributed by atoms with E-state index in [1.807, 2.05) is 13.0 Å². The summed E-state index contributed by atoms with van der Waals surface area (Å²) in [5, 5.41) is 9.74. The summed E-state index contributed by atoms with van der Waals surface area (Å²) in [6.07, 6.45) is 0.521. The quantitative estimate of drug-likeness (QED) is 0.818. The predicted octanol–water partition coefficient (Wildman–Crippen LogP) is 1.38. The van der Waals surface area contributed by atoms with Crippen LogP contribution in [-0.2, 0) is 4.74 Å². The summed E-state index contributed by atoms with van der Waals surface area (Å²) >= 11 is 0. The number of piperidine rings is 1. The summed E-state index contributed by atoms with van der Waals surface area (Å²) in [6.45, 7) is 5.41. The molecular formula is C14H20N2O3. The molecule has 1 aromatic rings. The van der Waals surface area contributed by atoms with E-state index in [0.29, 0.717) is 11.3 Å². The third-order valence-corrected chi connectivity index (χ3v) is 3.66. The molecule has 1 fully saturated rings. The van der Waals surface area contributed by atoms with Crippen molar-refractivity contribution in [2.75, 3.05) is 25.1 Å². The van der Waals surface area contributed by atoms with E-state index in [1.54, 1.807) is 13.0 Å². The molecule has 0 aromatic carbocycles. The maximum Gasteiger partial charge on any atom is 0.339 e. The van der Waals surface area contributed by atoms with Crippen LogP contribution in [0.25, 0.3) is 0 Å². The molecule has 1 saturated heterocycles. The van der Waals surface area contributed by atoms with Crippen LogP contribution in [0.4, 0.5) is 5.82 Å². The molecule has 2 heterocycles. The summed E-state index contributed by atoms with van der Waals surface area (Å²) in [5.74, 6) is 0.721. The number of aryl methyl sites for hydroxylation is 1. The summed E-state index contributed by atoms with van der Waals surface area (Å²) in [5.41, 5.74) is 1.17. The molecule has 1 aliphatic rings. The number of aliphatic hydroxyl groups is 1. The summed E-state index contributed by atoms with van der Waals surface area (Å²) in [6, 6.07) is 3.59. The fourth-order valence-corrected chi connectivity index (χ4v) is 2.39. The summed E-state index contributed by atoms with van der Waals surface area (Å²) < 4.78 is 4.71. The highest BCUT2D eigenvalue weighted by atomic mass is 16.5. The Bertz CT molecular complexity index is 476. The number of rotatable bonds is 2. The third-order valence-electron chi connectivity index (χ3n) is 3.66. The van der Waals surface area contributed by atoms with Gasteiger partial charge in [0.25, 0.3) is 0 Å². The van der Waals surface area contributed by atoms with E-state index in [9.17, 15) is 9.90 Å². The van der Waals surface area contributed by atoms with Crippen LogP contribution in [0.1, 0.15) is 29.4 Å². The molecule has 5 heteroatoms. The fraction of sp³-hybridized carbons (Fsp3) is 0.571. The van der Waals surface area contributed by atoms with Gasteiger partial charge in [-0.15, -0.1) is 0 Å². The Morgan fingerprint density at radius 3 is 2.84 bits per heavy atom. The topological polar surface area (TPSA) is 62.7 Å². The predicted molar refractivity (Wildman–Crippen MR) is 72.3 cm³/mol. The van der Waals surface area contributed by atoms with E-state index in [2.05, 4.69) is 9.88 Å². The van der Waals surface area contributed by atoms with Gasteiger partial charge in [0, 0.05) is 13.1 Å². The first-order chi connectivity index (χ1) is 9.02. The summed E-state index contributed by atoms with van der Waals surface area (Å²) in [7, 11) is 1.36. The number of esters is 1. The molecule has 0 radical (unpaired) electrons. The molecule has 104 valence electrons. The number of aromatic nitrogens is 1. The highest BCUT2D eigenvalue weighted by Gasteiger charge is 2.25. The average Bonchev–Trinajstić information content (AvgIpc) is 2.41. The monoisotopic (exact) mass is 264 g/mol. The Morgan fingerprint density at radius 2 is 2.26 bits per heavy atom. The molecule has 1 N–H and O–H groups in total. The molecule has 19 heavy (non-hydrogen) atoms. The lowest BCUT2D eigenvalue weighted by Gasteiger charge is -2.35. The van der Waals surface area contributed by atoms with E-state index in [0.717, 1.165) is 25.3 Å². The molecule has 0 bridgehead atoms. The number of aliphatic hydroxyl groups excluding tert-OH is 1. The molecule has 2 unspecified atom stereocenters. The lowest BCUT2D eigenvalue weighted by molar-refractivity contribution is 0.0599. The Morgan fingerprint density at radius 1 is 1.53 bits per heavy atom. The normalized spacial score (nSPS) is 23.3. The van der Waals surface area contributed by atoms with Crippen molar-refractivity contribution < 1.29 is 14.6 Å². The second-order valence-electron chi connectivity index (χ2n) is 5.07. The standard InChI is InChI=1S/C14H20N2O3/c1-9-8-16(7-6-12(9)17)13-5-4-11(10(2)15-13)14(18)19-3/h4-5,9,12,17H,6-8H2,1-3H3. The zero-order valence-electron chi connectivity index (χ0n) is 11.6. The average molecular weight is 264 g/mol. The molecule has 2 atom stereocenters. The summed E-state index contributed by atoms with van der Waals surface area (Å²) in [4.78, 5) is 18.1. The van der Waals surface area contributed by atoms with E-state index in [4.69, 9.17) is 4.74 Å². The van der Waals surface area contributed by atoms with Gasteiger partial charge in [-0.3, -0.25) is 0 Å². The molecule has 0 spiro atoms. The van der Waals surface area contributed by atoms with Crippen LogP contribution in [0.3, 0.4) is 0 Å². The van der Waals surface area contributed by atoms with Crippen molar-refractivity contribution in [1.82, 2.24) is 4.98 Å². The number of pyridine rings is 1. The van der Waals surface area contributed by atoms with Gasteiger partial charge in [-0.25, -0.2) is 9.78 Å². The largest absolute Gasteiger partial charge is 0.465 e. The Labute approximate surface area is 113 Å². The van der Waals surface area contributed by atoms with Gasteiger partial charge in [0.15, 0.2) is 0 Å². The number of hydrogen-bond acceptors (Lipinski definition) is 5. The van der Waals surface area contributed by atoms with Gasteiger partial charge >= 0.3 is 5.97 Å². The van der Waals surface area contributed by atoms with Gasteiger partial charge in [0.1, 0.15) is 5.82 Å². The van der Waals surface area contributed by atoms with Crippen molar-refractivity contribution in [3.8, 4) is 0 Å². The van der Waals surface area contributed by atoms with Crippen LogP contribution in [-0.4, -0.2) is 42.4 Å². The Balaban J connectivity index is 2.18. The number of anilines is 1. The van der Waals surface area contributed by atoms with Crippen LogP contribution in [0.5, 0.6) is 0 Å². The second-order valence-corrected chi connectivity index (χ2v) is 5.07. The minimum atomic E-state index is -0.362. The number of carbonyl (C=O) groups excluding carboxylic acids is 1. The third kappa shape index (κ3) is 2.87. The Kier molecular flexibility index (Phi) is 4.04. The molecular weight excluding hydrogens is 244 g/mol. The minimum Gasteiger partial charge on any atom is -0.465 e. The van der Waals surface area contributed by atoms with Gasteiger partial charge in [-0.1, -0.05) is 6.92 Å². The number of methoxy groups -OCH3 is 1. The molecule has 5 nitrogen and oxygen atoms in total. The molecule has 1 aromatic heterocycles. The van der Waals surface area contributed by atoms with Crippen molar-refractivity contribution in [3.05, 3.63) is 23.4 Å². The Hall–Kier alpha value is -1.62. The van der Waals surface area contributed by atoms with Crippen LogP contribution in [0.2, 0.25) is 0 Å². The smallest absolute Gasteiger partial charge is 0.339 e. The maximum absolute atomic E-state index is 11.5.